The summed E-state index contributed by atoms with van der Waals surface area (Å²) in [5.74, 6) is 0.860. The quantitative estimate of drug-likeness (QED) is 0.393. The number of hydrogen-bond acceptors (Lipinski definition) is 6. The summed E-state index contributed by atoms with van der Waals surface area (Å²) in [6.45, 7) is 1.60. The third-order valence-corrected chi connectivity index (χ3v) is 6.18. The Labute approximate surface area is 199 Å². The SMILES string of the molecule is Cn1cc(-c2cnc3c(c2)NCC(C(NCCc2ccc(C#N)cc2)c2ccccc2)N3)cn1. The number of nitrogens with one attached hydrogen (secondary N) is 3. The molecular weight excluding hydrogens is 422 g/mol. The Hall–Kier alpha value is -4.15. The summed E-state index contributed by atoms with van der Waals surface area (Å²) in [5.41, 5.74) is 6.23. The maximum atomic E-state index is 9.01. The fourth-order valence-corrected chi connectivity index (χ4v) is 4.36. The van der Waals surface area contributed by atoms with Crippen molar-refractivity contribution in [1.82, 2.24) is 20.1 Å². The predicted molar refractivity (Wildman–Crippen MR) is 134 cm³/mol. The highest BCUT2D eigenvalue weighted by atomic mass is 15.2. The van der Waals surface area contributed by atoms with Crippen molar-refractivity contribution in [2.24, 2.45) is 7.05 Å². The highest BCUT2D eigenvalue weighted by Crippen LogP contribution is 2.32. The van der Waals surface area contributed by atoms with E-state index in [9.17, 15) is 0 Å². The van der Waals surface area contributed by atoms with E-state index in [-0.39, 0.29) is 12.1 Å². The zero-order valence-electron chi connectivity index (χ0n) is 19.1. The van der Waals surface area contributed by atoms with Crippen LogP contribution in [0.1, 0.15) is 22.7 Å². The number of benzene rings is 2. The largest absolute Gasteiger partial charge is 0.380 e. The maximum absolute atomic E-state index is 9.01. The van der Waals surface area contributed by atoms with Gasteiger partial charge >= 0.3 is 0 Å². The second kappa shape index (κ2) is 9.77. The van der Waals surface area contributed by atoms with Crippen LogP contribution < -0.4 is 16.0 Å². The van der Waals surface area contributed by atoms with E-state index in [0.29, 0.717) is 5.56 Å². The molecule has 2 aromatic heterocycles. The Morgan fingerprint density at radius 1 is 1.12 bits per heavy atom. The van der Waals surface area contributed by atoms with E-state index < -0.39 is 0 Å². The van der Waals surface area contributed by atoms with Gasteiger partial charge in [-0.25, -0.2) is 4.98 Å². The highest BCUT2D eigenvalue weighted by Gasteiger charge is 2.27. The first-order valence-corrected chi connectivity index (χ1v) is 11.5. The van der Waals surface area contributed by atoms with Crippen molar-refractivity contribution >= 4 is 11.5 Å². The molecule has 7 nitrogen and oxygen atoms in total. The maximum Gasteiger partial charge on any atom is 0.149 e. The Morgan fingerprint density at radius 2 is 1.94 bits per heavy atom. The molecule has 34 heavy (non-hydrogen) atoms. The zero-order chi connectivity index (χ0) is 23.3. The van der Waals surface area contributed by atoms with Crippen LogP contribution in [0.2, 0.25) is 0 Å². The molecule has 0 fully saturated rings. The zero-order valence-corrected chi connectivity index (χ0v) is 19.1. The lowest BCUT2D eigenvalue weighted by atomic mass is 9.97. The third kappa shape index (κ3) is 4.77. The molecule has 0 saturated carbocycles. The molecule has 0 bridgehead atoms. The minimum absolute atomic E-state index is 0.111. The molecule has 3 heterocycles. The Balaban J connectivity index is 1.30. The van der Waals surface area contributed by atoms with E-state index in [0.717, 1.165) is 42.1 Å². The highest BCUT2D eigenvalue weighted by molar-refractivity contribution is 5.75. The lowest BCUT2D eigenvalue weighted by molar-refractivity contribution is 0.472. The van der Waals surface area contributed by atoms with Gasteiger partial charge in [-0.15, -0.1) is 0 Å². The molecule has 0 amide bonds. The topological polar surface area (TPSA) is 90.6 Å². The van der Waals surface area contributed by atoms with E-state index in [2.05, 4.69) is 57.5 Å². The molecule has 0 radical (unpaired) electrons. The number of aryl methyl sites for hydroxylation is 1. The number of pyridine rings is 1. The van der Waals surface area contributed by atoms with Crippen molar-refractivity contribution in [3.63, 3.8) is 0 Å². The van der Waals surface area contributed by atoms with Crippen molar-refractivity contribution in [2.75, 3.05) is 23.7 Å². The number of rotatable bonds is 7. The van der Waals surface area contributed by atoms with Crippen molar-refractivity contribution in [1.29, 1.82) is 5.26 Å². The van der Waals surface area contributed by atoms with E-state index in [4.69, 9.17) is 10.2 Å². The summed E-state index contributed by atoms with van der Waals surface area (Å²) < 4.78 is 1.80. The summed E-state index contributed by atoms with van der Waals surface area (Å²) in [6, 6.07) is 22.9. The van der Waals surface area contributed by atoms with Gasteiger partial charge in [0.2, 0.25) is 0 Å². The first-order valence-electron chi connectivity index (χ1n) is 11.5. The molecule has 0 spiro atoms. The van der Waals surface area contributed by atoms with Crippen LogP contribution >= 0.6 is 0 Å². The van der Waals surface area contributed by atoms with E-state index >= 15 is 0 Å². The Bertz CT molecular complexity index is 1290. The van der Waals surface area contributed by atoms with Crippen LogP contribution in [0.15, 0.2) is 79.3 Å². The minimum atomic E-state index is 0.111. The molecule has 5 rings (SSSR count). The van der Waals surface area contributed by atoms with Crippen molar-refractivity contribution < 1.29 is 0 Å². The van der Waals surface area contributed by atoms with Gasteiger partial charge < -0.3 is 16.0 Å². The number of aromatic nitrogens is 3. The summed E-state index contributed by atoms with van der Waals surface area (Å²) in [7, 11) is 1.91. The molecule has 7 heteroatoms. The Morgan fingerprint density at radius 3 is 2.68 bits per heavy atom. The fourth-order valence-electron chi connectivity index (χ4n) is 4.36. The van der Waals surface area contributed by atoms with Crippen LogP contribution in [-0.4, -0.2) is 33.9 Å². The van der Waals surface area contributed by atoms with Gasteiger partial charge in [-0.3, -0.25) is 4.68 Å². The lowest BCUT2D eigenvalue weighted by Gasteiger charge is -2.34. The van der Waals surface area contributed by atoms with Gasteiger partial charge in [0, 0.05) is 37.1 Å². The second-order valence-electron chi connectivity index (χ2n) is 8.56. The molecular formula is C27H27N7. The summed E-state index contributed by atoms with van der Waals surface area (Å²) >= 11 is 0. The van der Waals surface area contributed by atoms with Gasteiger partial charge in [-0.1, -0.05) is 42.5 Å². The molecule has 0 saturated heterocycles. The standard InChI is InChI=1S/C27H27N7/c1-34-18-23(16-32-34)22-13-24-27(31-15-22)33-25(17-30-24)26(21-5-3-2-4-6-21)29-12-11-19-7-9-20(14-28)10-8-19/h2-10,13,15-16,18,25-26,29-30H,11-12,17H2,1H3,(H,31,33). The van der Waals surface area contributed by atoms with Crippen LogP contribution in [0.25, 0.3) is 11.1 Å². The average molecular weight is 450 g/mol. The van der Waals surface area contributed by atoms with Gasteiger partial charge in [-0.2, -0.15) is 10.4 Å². The number of fused-ring (bicyclic) bond motifs is 1. The fraction of sp³-hybridized carbons (Fsp3) is 0.222. The van der Waals surface area contributed by atoms with E-state index in [1.54, 1.807) is 4.68 Å². The number of nitrogens with zero attached hydrogens (tertiary/aromatic N) is 4. The van der Waals surface area contributed by atoms with Gasteiger partial charge in [0.25, 0.3) is 0 Å². The van der Waals surface area contributed by atoms with Gasteiger partial charge in [-0.05, 0) is 42.3 Å². The predicted octanol–water partition coefficient (Wildman–Crippen LogP) is 4.13. The summed E-state index contributed by atoms with van der Waals surface area (Å²) in [5, 5.41) is 24.2. The lowest BCUT2D eigenvalue weighted by Crippen LogP contribution is -2.44. The van der Waals surface area contributed by atoms with Crippen molar-refractivity contribution in [2.45, 2.75) is 18.5 Å². The third-order valence-electron chi connectivity index (χ3n) is 6.18. The van der Waals surface area contributed by atoms with E-state index in [1.165, 1.54) is 11.1 Å². The second-order valence-corrected chi connectivity index (χ2v) is 8.56. The minimum Gasteiger partial charge on any atom is -0.380 e. The molecule has 2 unspecified atom stereocenters. The van der Waals surface area contributed by atoms with Crippen LogP contribution in [0.5, 0.6) is 0 Å². The number of anilines is 2. The smallest absolute Gasteiger partial charge is 0.149 e. The van der Waals surface area contributed by atoms with Crippen LogP contribution in [0.4, 0.5) is 11.5 Å². The molecule has 170 valence electrons. The first kappa shape index (κ1) is 21.7. The average Bonchev–Trinajstić information content (AvgIpc) is 3.33. The molecule has 2 atom stereocenters. The van der Waals surface area contributed by atoms with E-state index in [1.807, 2.05) is 56.0 Å². The molecule has 1 aliphatic heterocycles. The van der Waals surface area contributed by atoms with Crippen LogP contribution in [0.3, 0.4) is 0 Å². The Kier molecular flexibility index (Phi) is 6.23. The molecule has 3 N–H and O–H groups in total. The van der Waals surface area contributed by atoms with Crippen molar-refractivity contribution in [3.05, 3.63) is 95.9 Å². The van der Waals surface area contributed by atoms with Gasteiger partial charge in [0.05, 0.1) is 35.6 Å². The number of hydrogen-bond donors (Lipinski definition) is 3. The molecule has 2 aromatic carbocycles. The van der Waals surface area contributed by atoms with Gasteiger partial charge in [0.1, 0.15) is 5.82 Å². The van der Waals surface area contributed by atoms with Crippen LogP contribution in [-0.2, 0) is 13.5 Å². The normalized spacial score (nSPS) is 15.5. The molecule has 0 aliphatic carbocycles. The molecule has 4 aromatic rings. The summed E-state index contributed by atoms with van der Waals surface area (Å²) in [4.78, 5) is 4.71. The summed E-state index contributed by atoms with van der Waals surface area (Å²) in [6.07, 6.45) is 6.62. The molecule has 1 aliphatic rings. The van der Waals surface area contributed by atoms with Crippen LogP contribution in [0, 0.1) is 11.3 Å². The van der Waals surface area contributed by atoms with Crippen molar-refractivity contribution in [3.8, 4) is 17.2 Å². The monoisotopic (exact) mass is 449 g/mol. The van der Waals surface area contributed by atoms with Gasteiger partial charge in [0.15, 0.2) is 0 Å². The first-order chi connectivity index (χ1) is 16.7. The number of nitriles is 1.